The molecule has 0 aromatic heterocycles. The lowest BCUT2D eigenvalue weighted by Crippen LogP contribution is -2.35. The molecule has 0 saturated heterocycles. The highest BCUT2D eigenvalue weighted by Crippen LogP contribution is 2.52. The Balaban J connectivity index is 6.67. The number of hydrogen-bond donors (Lipinski definition) is 6. The van der Waals surface area contributed by atoms with Gasteiger partial charge in [0.05, 0.1) is 79.3 Å². The number of aliphatic hydroxyl groups is 1. The third kappa shape index (κ3) is 34.0. The van der Waals surface area contributed by atoms with Gasteiger partial charge in [0.1, 0.15) is 12.2 Å². The van der Waals surface area contributed by atoms with Gasteiger partial charge in [-0.3, -0.25) is 45.2 Å². The molecule has 428 valence electrons. The maximum atomic E-state index is 13.7. The Labute approximate surface area is 424 Å². The third-order valence-electron chi connectivity index (χ3n) is 11.1. The van der Waals surface area contributed by atoms with Gasteiger partial charge < -0.3 is 39.0 Å². The summed E-state index contributed by atoms with van der Waals surface area (Å²) in [5.74, 6) is 0. The molecule has 28 heteroatoms. The van der Waals surface area contributed by atoms with Crippen molar-refractivity contribution in [3.05, 3.63) is 0 Å². The van der Waals surface area contributed by atoms with Gasteiger partial charge in [0.2, 0.25) is 0 Å². The molecule has 0 radical (unpaired) electrons. The van der Waals surface area contributed by atoms with Crippen molar-refractivity contribution >= 4 is 39.1 Å². The summed E-state index contributed by atoms with van der Waals surface area (Å²) in [6.07, 6.45) is 9.46. The number of phosphoric acid groups is 5. The van der Waals surface area contributed by atoms with E-state index in [0.717, 1.165) is 77.0 Å². The molecule has 0 heterocycles. The molecular formula is C43H93O23P5. The van der Waals surface area contributed by atoms with Gasteiger partial charge in [-0.25, -0.2) is 22.8 Å². The predicted octanol–water partition coefficient (Wildman–Crippen LogP) is 10.8. The Morgan fingerprint density at radius 3 is 1.04 bits per heavy atom. The fourth-order valence-electron chi connectivity index (χ4n) is 8.21. The van der Waals surface area contributed by atoms with E-state index in [-0.39, 0.29) is 63.7 Å². The van der Waals surface area contributed by atoms with Crippen LogP contribution in [0.3, 0.4) is 0 Å². The number of phosphoric ester groups is 5. The third-order valence-corrected chi connectivity index (χ3v) is 16.3. The number of ether oxygens (including phenoxy) is 2. The predicted molar refractivity (Wildman–Crippen MR) is 267 cm³/mol. The monoisotopic (exact) mass is 1130 g/mol. The average Bonchev–Trinajstić information content (AvgIpc) is 3.27. The van der Waals surface area contributed by atoms with E-state index in [4.69, 9.17) is 59.8 Å². The lowest BCUT2D eigenvalue weighted by molar-refractivity contribution is -0.0470. The molecule has 0 aromatic carbocycles. The molecule has 0 aliphatic carbocycles. The van der Waals surface area contributed by atoms with Crippen LogP contribution in [0.2, 0.25) is 0 Å². The van der Waals surface area contributed by atoms with E-state index >= 15 is 0 Å². The van der Waals surface area contributed by atoms with Crippen molar-refractivity contribution in [3.8, 4) is 0 Å². The first-order valence-electron chi connectivity index (χ1n) is 25.2. The standard InChI is InChI=1S/C43H93O23P5/c1-10-22-42(23-11-2,24-12-3)37-55-30-39(32-60-67(45,46)57-16-7)65-70(51,52)63-35-41(9,34-62-69(49,50)59-29-21-19-18-20-28-44)36-64-71(53,54)66-40(33-61-68(47,48)58-17-8)31-56-38-43(25-13-4,26-14-5)27-15-6/h39-40,44H,10-38H2,1-9H3,(H,45,46)(H,47,48)(H,49,50)(H,51,52)(H,53,54). The van der Waals surface area contributed by atoms with Gasteiger partial charge >= 0.3 is 39.1 Å². The van der Waals surface area contributed by atoms with Gasteiger partial charge in [0.15, 0.2) is 0 Å². The molecule has 0 amide bonds. The van der Waals surface area contributed by atoms with Crippen LogP contribution in [0, 0.1) is 16.2 Å². The number of rotatable bonds is 50. The molecule has 0 aliphatic heterocycles. The summed E-state index contributed by atoms with van der Waals surface area (Å²) in [6, 6.07) is 0. The summed E-state index contributed by atoms with van der Waals surface area (Å²) in [5.41, 5.74) is -2.27. The molecule has 71 heavy (non-hydrogen) atoms. The number of unbranched alkanes of at least 4 members (excludes halogenated alkanes) is 3. The topological polar surface area (TPSA) is 317 Å². The largest absolute Gasteiger partial charge is 0.472 e. The van der Waals surface area contributed by atoms with E-state index in [9.17, 15) is 47.3 Å². The Hall–Kier alpha value is 0.430. The first kappa shape index (κ1) is 71.4. The van der Waals surface area contributed by atoms with E-state index in [2.05, 4.69) is 41.5 Å². The van der Waals surface area contributed by atoms with Gasteiger partial charge in [-0.1, -0.05) is 99.8 Å². The van der Waals surface area contributed by atoms with E-state index < -0.39 is 89.8 Å². The second kappa shape index (κ2) is 37.3. The summed E-state index contributed by atoms with van der Waals surface area (Å²) < 4.78 is 129. The zero-order valence-electron chi connectivity index (χ0n) is 44.0. The zero-order valence-corrected chi connectivity index (χ0v) is 48.5. The minimum absolute atomic E-state index is 0.0138. The quantitative estimate of drug-likeness (QED) is 0.0243. The number of hydrogen-bond acceptors (Lipinski definition) is 18. The normalized spacial score (nSPS) is 18.7. The Morgan fingerprint density at radius 1 is 0.394 bits per heavy atom. The molecule has 0 bridgehead atoms. The van der Waals surface area contributed by atoms with Crippen LogP contribution in [-0.4, -0.2) is 128 Å². The molecule has 0 rings (SSSR count). The lowest BCUT2D eigenvalue weighted by Gasteiger charge is -2.34. The molecule has 0 fully saturated rings. The highest BCUT2D eigenvalue weighted by Gasteiger charge is 2.40. The smallest absolute Gasteiger partial charge is 0.396 e. The molecule has 6 N–H and O–H groups in total. The van der Waals surface area contributed by atoms with Crippen LogP contribution in [0.4, 0.5) is 0 Å². The first-order chi connectivity index (χ1) is 33.2. The second-order valence-corrected chi connectivity index (χ2v) is 25.5. The SMILES string of the molecule is CCCC(CCC)(CCC)COCC(COP(=O)(O)OCC)OP(=O)(O)OCC(C)(COP(=O)(O)OCCCCCCO)COP(=O)(O)OC(COCC(CCC)(CCC)CCC)COP(=O)(O)OCC. The minimum atomic E-state index is -5.24. The van der Waals surface area contributed by atoms with Crippen molar-refractivity contribution < 1.29 is 107 Å². The number of aliphatic hydroxyl groups excluding tert-OH is 1. The van der Waals surface area contributed by atoms with E-state index in [1.165, 1.54) is 20.8 Å². The van der Waals surface area contributed by atoms with Crippen LogP contribution in [0.5, 0.6) is 0 Å². The van der Waals surface area contributed by atoms with Crippen LogP contribution in [0.25, 0.3) is 0 Å². The molecule has 0 saturated carbocycles. The molecular weight excluding hydrogens is 1040 g/mol. The van der Waals surface area contributed by atoms with Crippen LogP contribution in [0.15, 0.2) is 0 Å². The fourth-order valence-corrected chi connectivity index (χ4v) is 12.7. The summed E-state index contributed by atoms with van der Waals surface area (Å²) in [6.45, 7) is 11.4. The van der Waals surface area contributed by atoms with Crippen molar-refractivity contribution in [1.29, 1.82) is 0 Å². The molecule has 7 atom stereocenters. The van der Waals surface area contributed by atoms with Gasteiger partial charge in [-0.05, 0) is 76.0 Å². The summed E-state index contributed by atoms with van der Waals surface area (Å²) in [7, 11) is -24.6. The Kier molecular flexibility index (Phi) is 37.5. The summed E-state index contributed by atoms with van der Waals surface area (Å²) in [5, 5.41) is 9.03. The maximum Gasteiger partial charge on any atom is 0.472 e. The van der Waals surface area contributed by atoms with Crippen LogP contribution in [0.1, 0.15) is 165 Å². The Morgan fingerprint density at radius 2 is 0.718 bits per heavy atom. The molecule has 23 nitrogen and oxygen atoms in total. The van der Waals surface area contributed by atoms with Gasteiger partial charge in [0, 0.05) is 12.0 Å². The van der Waals surface area contributed by atoms with Crippen LogP contribution in [-0.2, 0) is 77.5 Å². The fraction of sp³-hybridized carbons (Fsp3) is 1.00. The first-order valence-corrected chi connectivity index (χ1v) is 32.6. The Bertz CT molecular complexity index is 1500. The maximum absolute atomic E-state index is 13.7. The van der Waals surface area contributed by atoms with Crippen molar-refractivity contribution in [2.45, 2.75) is 177 Å². The van der Waals surface area contributed by atoms with Gasteiger partial charge in [-0.15, -0.1) is 0 Å². The highest BCUT2D eigenvalue weighted by molar-refractivity contribution is 7.48. The molecule has 0 aliphatic rings. The second-order valence-electron chi connectivity index (χ2n) is 18.4. The van der Waals surface area contributed by atoms with E-state index in [1.807, 2.05) is 0 Å². The average molecular weight is 1130 g/mol. The van der Waals surface area contributed by atoms with Crippen molar-refractivity contribution in [2.75, 3.05) is 85.9 Å². The van der Waals surface area contributed by atoms with Crippen LogP contribution < -0.4 is 0 Å². The van der Waals surface area contributed by atoms with Gasteiger partial charge in [0.25, 0.3) is 0 Å². The van der Waals surface area contributed by atoms with Crippen LogP contribution >= 0.6 is 39.1 Å². The van der Waals surface area contributed by atoms with Crippen molar-refractivity contribution in [1.82, 2.24) is 0 Å². The molecule has 0 spiro atoms. The van der Waals surface area contributed by atoms with E-state index in [0.29, 0.717) is 25.7 Å². The lowest BCUT2D eigenvalue weighted by atomic mass is 9.76. The minimum Gasteiger partial charge on any atom is -0.396 e. The molecule has 0 aromatic rings. The van der Waals surface area contributed by atoms with Crippen molar-refractivity contribution in [3.63, 3.8) is 0 Å². The zero-order chi connectivity index (χ0) is 54.1. The highest BCUT2D eigenvalue weighted by atomic mass is 31.2. The molecule has 7 unspecified atom stereocenters. The van der Waals surface area contributed by atoms with Crippen molar-refractivity contribution in [2.24, 2.45) is 16.2 Å². The van der Waals surface area contributed by atoms with Gasteiger partial charge in [-0.2, -0.15) is 0 Å². The summed E-state index contributed by atoms with van der Waals surface area (Å²) in [4.78, 5) is 53.0. The summed E-state index contributed by atoms with van der Waals surface area (Å²) >= 11 is 0. The van der Waals surface area contributed by atoms with E-state index in [1.54, 1.807) is 0 Å².